The lowest BCUT2D eigenvalue weighted by atomic mass is 10.1. The maximum absolute atomic E-state index is 12.7. The summed E-state index contributed by atoms with van der Waals surface area (Å²) in [4.78, 5) is 29.8. The third kappa shape index (κ3) is 2.62. The number of carbonyl (C=O) groups is 2. The largest absolute Gasteiger partial charge is 0.478 e. The molecule has 2 aromatic heterocycles. The Balaban J connectivity index is 1.87. The summed E-state index contributed by atoms with van der Waals surface area (Å²) in [6.45, 7) is 2.32. The Morgan fingerprint density at radius 2 is 2.18 bits per heavy atom. The number of carboxylic acid groups (broad SMARTS) is 1. The number of hydrogen-bond donors (Lipinski definition) is 1. The van der Waals surface area contributed by atoms with Gasteiger partial charge in [-0.15, -0.1) is 0 Å². The van der Waals surface area contributed by atoms with Gasteiger partial charge in [-0.2, -0.15) is 11.3 Å². The van der Waals surface area contributed by atoms with Crippen LogP contribution in [-0.2, 0) is 0 Å². The van der Waals surface area contributed by atoms with Crippen LogP contribution in [0.5, 0.6) is 0 Å². The van der Waals surface area contributed by atoms with E-state index in [-0.39, 0.29) is 17.5 Å². The first-order valence-electron chi connectivity index (χ1n) is 7.12. The highest BCUT2D eigenvalue weighted by Crippen LogP contribution is 2.34. The SMILES string of the molecule is Cc1nc(C(=O)N2CCC[C@H]2c2ccsc2)ccc1C(=O)O. The van der Waals surface area contributed by atoms with E-state index in [4.69, 9.17) is 5.11 Å². The van der Waals surface area contributed by atoms with Gasteiger partial charge in [0.15, 0.2) is 0 Å². The summed E-state index contributed by atoms with van der Waals surface area (Å²) in [7, 11) is 0. The quantitative estimate of drug-likeness (QED) is 0.944. The molecule has 1 amide bonds. The van der Waals surface area contributed by atoms with Crippen molar-refractivity contribution in [2.75, 3.05) is 6.54 Å². The molecule has 1 fully saturated rings. The highest BCUT2D eigenvalue weighted by Gasteiger charge is 2.31. The summed E-state index contributed by atoms with van der Waals surface area (Å²) in [6.07, 6.45) is 1.92. The number of carboxylic acids is 1. The summed E-state index contributed by atoms with van der Waals surface area (Å²) >= 11 is 1.62. The third-order valence-corrected chi connectivity index (χ3v) is 4.68. The fourth-order valence-corrected chi connectivity index (χ4v) is 3.58. The lowest BCUT2D eigenvalue weighted by Crippen LogP contribution is -2.31. The van der Waals surface area contributed by atoms with E-state index in [1.165, 1.54) is 12.1 Å². The highest BCUT2D eigenvalue weighted by molar-refractivity contribution is 7.08. The molecule has 0 bridgehead atoms. The molecule has 0 spiro atoms. The first-order chi connectivity index (χ1) is 10.6. The number of likely N-dealkylation sites (tertiary alicyclic amines) is 1. The minimum Gasteiger partial charge on any atom is -0.478 e. The summed E-state index contributed by atoms with van der Waals surface area (Å²) in [5, 5.41) is 13.1. The van der Waals surface area contributed by atoms with E-state index < -0.39 is 5.97 Å². The van der Waals surface area contributed by atoms with E-state index in [2.05, 4.69) is 10.4 Å². The fourth-order valence-electron chi connectivity index (χ4n) is 2.87. The van der Waals surface area contributed by atoms with Crippen molar-refractivity contribution in [3.8, 4) is 0 Å². The van der Waals surface area contributed by atoms with Crippen LogP contribution in [-0.4, -0.2) is 33.4 Å². The summed E-state index contributed by atoms with van der Waals surface area (Å²) in [6, 6.07) is 5.10. The molecule has 1 N–H and O–H groups in total. The van der Waals surface area contributed by atoms with Crippen molar-refractivity contribution in [3.63, 3.8) is 0 Å². The average molecular weight is 316 g/mol. The van der Waals surface area contributed by atoms with Gasteiger partial charge < -0.3 is 10.0 Å². The Bertz CT molecular complexity index is 712. The Labute approximate surface area is 132 Å². The van der Waals surface area contributed by atoms with Gasteiger partial charge >= 0.3 is 5.97 Å². The van der Waals surface area contributed by atoms with Crippen LogP contribution in [0.15, 0.2) is 29.0 Å². The van der Waals surface area contributed by atoms with Crippen molar-refractivity contribution in [1.82, 2.24) is 9.88 Å². The molecule has 22 heavy (non-hydrogen) atoms. The number of aryl methyl sites for hydroxylation is 1. The zero-order valence-electron chi connectivity index (χ0n) is 12.2. The molecule has 114 valence electrons. The smallest absolute Gasteiger partial charge is 0.337 e. The van der Waals surface area contributed by atoms with Crippen LogP contribution < -0.4 is 0 Å². The third-order valence-electron chi connectivity index (χ3n) is 3.98. The van der Waals surface area contributed by atoms with Gasteiger partial charge in [-0.05, 0) is 54.3 Å². The molecular weight excluding hydrogens is 300 g/mol. The van der Waals surface area contributed by atoms with Gasteiger partial charge in [-0.25, -0.2) is 9.78 Å². The number of nitrogens with zero attached hydrogens (tertiary/aromatic N) is 2. The van der Waals surface area contributed by atoms with Crippen molar-refractivity contribution in [3.05, 3.63) is 51.5 Å². The van der Waals surface area contributed by atoms with Crippen LogP contribution in [0.1, 0.15) is 51.0 Å². The molecule has 0 aliphatic carbocycles. The van der Waals surface area contributed by atoms with Gasteiger partial charge in [-0.3, -0.25) is 4.79 Å². The molecule has 1 atom stereocenters. The zero-order valence-corrected chi connectivity index (χ0v) is 13.0. The Morgan fingerprint density at radius 1 is 1.36 bits per heavy atom. The monoisotopic (exact) mass is 316 g/mol. The van der Waals surface area contributed by atoms with Crippen LogP contribution >= 0.6 is 11.3 Å². The lowest BCUT2D eigenvalue weighted by Gasteiger charge is -2.24. The molecule has 0 radical (unpaired) electrons. The van der Waals surface area contributed by atoms with Gasteiger partial charge in [0, 0.05) is 6.54 Å². The molecule has 0 aromatic carbocycles. The summed E-state index contributed by atoms with van der Waals surface area (Å²) in [5.41, 5.74) is 1.97. The Morgan fingerprint density at radius 3 is 2.82 bits per heavy atom. The number of amides is 1. The molecule has 1 aliphatic rings. The van der Waals surface area contributed by atoms with Gasteiger partial charge in [0.25, 0.3) is 5.91 Å². The predicted octanol–water partition coefficient (Wildman–Crippen LogP) is 3.13. The van der Waals surface area contributed by atoms with Crippen molar-refractivity contribution in [2.24, 2.45) is 0 Å². The summed E-state index contributed by atoms with van der Waals surface area (Å²) < 4.78 is 0. The van der Waals surface area contributed by atoms with E-state index in [0.29, 0.717) is 17.9 Å². The van der Waals surface area contributed by atoms with Crippen LogP contribution in [0.2, 0.25) is 0 Å². The molecule has 1 aliphatic heterocycles. The average Bonchev–Trinajstić information content (AvgIpc) is 3.16. The van der Waals surface area contributed by atoms with Crippen molar-refractivity contribution in [2.45, 2.75) is 25.8 Å². The van der Waals surface area contributed by atoms with Gasteiger partial charge in [0.05, 0.1) is 17.3 Å². The summed E-state index contributed by atoms with van der Waals surface area (Å²) in [5.74, 6) is -1.16. The molecule has 3 heterocycles. The maximum Gasteiger partial charge on any atom is 0.337 e. The minimum absolute atomic E-state index is 0.0972. The highest BCUT2D eigenvalue weighted by atomic mass is 32.1. The molecule has 3 rings (SSSR count). The molecule has 1 saturated heterocycles. The standard InChI is InChI=1S/C16H16N2O3S/c1-10-12(16(20)21)4-5-13(17-10)15(19)18-7-2-3-14(18)11-6-8-22-9-11/h4-6,8-9,14H,2-3,7H2,1H3,(H,20,21)/t14-/m0/s1. The number of thiophene rings is 1. The number of pyridine rings is 1. The van der Waals surface area contributed by atoms with E-state index in [1.54, 1.807) is 18.3 Å². The van der Waals surface area contributed by atoms with E-state index >= 15 is 0 Å². The molecule has 2 aromatic rings. The topological polar surface area (TPSA) is 70.5 Å². The lowest BCUT2D eigenvalue weighted by molar-refractivity contribution is 0.0689. The first kappa shape index (κ1) is 14.7. The number of aromatic carboxylic acids is 1. The van der Waals surface area contributed by atoms with Crippen LogP contribution in [0, 0.1) is 6.92 Å². The second-order valence-electron chi connectivity index (χ2n) is 5.35. The van der Waals surface area contributed by atoms with Gasteiger partial charge in [0.1, 0.15) is 5.69 Å². The van der Waals surface area contributed by atoms with Gasteiger partial charge in [0.2, 0.25) is 0 Å². The molecule has 0 saturated carbocycles. The molecule has 6 heteroatoms. The van der Waals surface area contributed by atoms with E-state index in [0.717, 1.165) is 18.4 Å². The Hall–Kier alpha value is -2.21. The zero-order chi connectivity index (χ0) is 15.7. The first-order valence-corrected chi connectivity index (χ1v) is 8.06. The van der Waals surface area contributed by atoms with Crippen molar-refractivity contribution < 1.29 is 14.7 Å². The van der Waals surface area contributed by atoms with Crippen LogP contribution in [0.4, 0.5) is 0 Å². The normalized spacial score (nSPS) is 17.7. The fraction of sp³-hybridized carbons (Fsp3) is 0.312. The minimum atomic E-state index is -1.03. The van der Waals surface area contributed by atoms with Crippen LogP contribution in [0.25, 0.3) is 0 Å². The Kier molecular flexibility index (Phi) is 3.94. The second kappa shape index (κ2) is 5.88. The van der Waals surface area contributed by atoms with E-state index in [1.807, 2.05) is 16.3 Å². The molecule has 5 nitrogen and oxygen atoms in total. The van der Waals surface area contributed by atoms with Crippen LogP contribution in [0.3, 0.4) is 0 Å². The maximum atomic E-state index is 12.7. The molecule has 0 unspecified atom stereocenters. The second-order valence-corrected chi connectivity index (χ2v) is 6.13. The van der Waals surface area contributed by atoms with Crippen molar-refractivity contribution >= 4 is 23.2 Å². The molecular formula is C16H16N2O3S. The number of rotatable bonds is 3. The number of carbonyl (C=O) groups excluding carboxylic acids is 1. The number of hydrogen-bond acceptors (Lipinski definition) is 4. The van der Waals surface area contributed by atoms with Crippen molar-refractivity contribution in [1.29, 1.82) is 0 Å². The van der Waals surface area contributed by atoms with E-state index in [9.17, 15) is 9.59 Å². The van der Waals surface area contributed by atoms with Gasteiger partial charge in [-0.1, -0.05) is 0 Å². The number of aromatic nitrogens is 1. The predicted molar refractivity (Wildman–Crippen MR) is 83.3 cm³/mol.